The monoisotopic (exact) mass is 372 g/mol. The number of hydrogen-bond donors (Lipinski definition) is 1. The molecular weight excluding hydrogens is 354 g/mol. The van der Waals surface area contributed by atoms with Gasteiger partial charge in [0.2, 0.25) is 5.91 Å². The first kappa shape index (κ1) is 18.6. The van der Waals surface area contributed by atoms with Gasteiger partial charge in [0.05, 0.1) is 12.7 Å². The number of rotatable bonds is 8. The highest BCUT2D eigenvalue weighted by Gasteiger charge is 2.09. The predicted molar refractivity (Wildman–Crippen MR) is 95.1 cm³/mol. The number of aromatic nitrogens is 1. The lowest BCUT2D eigenvalue weighted by Gasteiger charge is -2.07. The fraction of sp³-hybridized carbons (Fsp3) is 0.200. The Kier molecular flexibility index (Phi) is 6.14. The van der Waals surface area contributed by atoms with Crippen LogP contribution in [0.1, 0.15) is 12.3 Å². The van der Waals surface area contributed by atoms with Crippen LogP contribution in [0, 0.1) is 11.6 Å². The molecule has 0 atom stereocenters. The lowest BCUT2D eigenvalue weighted by molar-refractivity contribution is -0.121. The SMILES string of the molecule is O=C(CCc1ncc(-c2ccc(F)cc2)o1)NCCOc1ccc(F)cc1. The summed E-state index contributed by atoms with van der Waals surface area (Å²) in [7, 11) is 0. The quantitative estimate of drug-likeness (QED) is 0.612. The summed E-state index contributed by atoms with van der Waals surface area (Å²) in [6.07, 6.45) is 2.13. The summed E-state index contributed by atoms with van der Waals surface area (Å²) in [4.78, 5) is 16.0. The summed E-state index contributed by atoms with van der Waals surface area (Å²) in [6, 6.07) is 11.6. The van der Waals surface area contributed by atoms with Crippen molar-refractivity contribution in [1.29, 1.82) is 0 Å². The van der Waals surface area contributed by atoms with Gasteiger partial charge in [0.15, 0.2) is 11.7 Å². The molecule has 3 aromatic rings. The second-order valence-electron chi connectivity index (χ2n) is 5.78. The van der Waals surface area contributed by atoms with Crippen LogP contribution < -0.4 is 10.1 Å². The van der Waals surface area contributed by atoms with Crippen LogP contribution >= 0.6 is 0 Å². The molecule has 0 bridgehead atoms. The van der Waals surface area contributed by atoms with Crippen molar-refractivity contribution in [2.24, 2.45) is 0 Å². The van der Waals surface area contributed by atoms with Gasteiger partial charge in [0.25, 0.3) is 0 Å². The van der Waals surface area contributed by atoms with Gasteiger partial charge >= 0.3 is 0 Å². The molecule has 2 aromatic carbocycles. The minimum absolute atomic E-state index is 0.153. The Hall–Kier alpha value is -3.22. The zero-order chi connectivity index (χ0) is 19.1. The molecule has 0 unspecified atom stereocenters. The Morgan fingerprint density at radius 2 is 1.70 bits per heavy atom. The van der Waals surface area contributed by atoms with Gasteiger partial charge in [-0.15, -0.1) is 0 Å². The molecule has 1 amide bonds. The summed E-state index contributed by atoms with van der Waals surface area (Å²) < 4.78 is 36.7. The molecule has 0 aliphatic rings. The van der Waals surface area contributed by atoms with Crippen LogP contribution in [0.25, 0.3) is 11.3 Å². The lowest BCUT2D eigenvalue weighted by Crippen LogP contribution is -2.28. The molecule has 1 N–H and O–H groups in total. The van der Waals surface area contributed by atoms with Crippen LogP contribution in [0.3, 0.4) is 0 Å². The number of halogens is 2. The van der Waals surface area contributed by atoms with Crippen molar-refractivity contribution < 1.29 is 22.7 Å². The molecule has 0 fully saturated rings. The average Bonchev–Trinajstić information content (AvgIpc) is 3.14. The van der Waals surface area contributed by atoms with Crippen molar-refractivity contribution in [2.75, 3.05) is 13.2 Å². The van der Waals surface area contributed by atoms with Crippen LogP contribution in [0.4, 0.5) is 8.78 Å². The van der Waals surface area contributed by atoms with Gasteiger partial charge in [0, 0.05) is 18.4 Å². The highest BCUT2D eigenvalue weighted by atomic mass is 19.1. The smallest absolute Gasteiger partial charge is 0.220 e. The Bertz CT molecular complexity index is 877. The molecule has 0 aliphatic carbocycles. The third-order valence-electron chi connectivity index (χ3n) is 3.75. The van der Waals surface area contributed by atoms with E-state index in [1.165, 1.54) is 36.4 Å². The van der Waals surface area contributed by atoms with Gasteiger partial charge in [-0.2, -0.15) is 0 Å². The van der Waals surface area contributed by atoms with E-state index >= 15 is 0 Å². The van der Waals surface area contributed by atoms with E-state index in [0.717, 1.165) is 5.56 Å². The summed E-state index contributed by atoms with van der Waals surface area (Å²) >= 11 is 0. The maximum absolute atomic E-state index is 12.9. The summed E-state index contributed by atoms with van der Waals surface area (Å²) in [5, 5.41) is 2.73. The van der Waals surface area contributed by atoms with Crippen LogP contribution in [-0.4, -0.2) is 24.0 Å². The zero-order valence-corrected chi connectivity index (χ0v) is 14.5. The number of amides is 1. The summed E-state index contributed by atoms with van der Waals surface area (Å²) in [5.74, 6) is 0.700. The molecule has 3 rings (SSSR count). The largest absolute Gasteiger partial charge is 0.492 e. The number of nitrogens with one attached hydrogen (secondary N) is 1. The molecule has 1 heterocycles. The van der Waals surface area contributed by atoms with E-state index in [4.69, 9.17) is 9.15 Å². The van der Waals surface area contributed by atoms with E-state index in [0.29, 0.717) is 30.4 Å². The fourth-order valence-electron chi connectivity index (χ4n) is 2.37. The first-order valence-electron chi connectivity index (χ1n) is 8.46. The second kappa shape index (κ2) is 8.93. The maximum Gasteiger partial charge on any atom is 0.220 e. The standard InChI is InChI=1S/C20H18F2N2O3/c21-15-3-1-14(2-4-15)18-13-24-20(27-18)10-9-19(25)23-11-12-26-17-7-5-16(22)6-8-17/h1-8,13H,9-12H2,(H,23,25). The summed E-state index contributed by atoms with van der Waals surface area (Å²) in [5.41, 5.74) is 0.720. The Balaban J connectivity index is 1.38. The van der Waals surface area contributed by atoms with E-state index in [9.17, 15) is 13.6 Å². The third-order valence-corrected chi connectivity index (χ3v) is 3.75. The molecule has 0 aliphatic heterocycles. The van der Waals surface area contributed by atoms with Crippen molar-refractivity contribution >= 4 is 5.91 Å². The van der Waals surface area contributed by atoms with E-state index < -0.39 is 0 Å². The Labute approximate surface area is 155 Å². The molecule has 0 spiro atoms. The van der Waals surface area contributed by atoms with Gasteiger partial charge in [-0.1, -0.05) is 0 Å². The Morgan fingerprint density at radius 3 is 2.41 bits per heavy atom. The molecule has 140 valence electrons. The van der Waals surface area contributed by atoms with Crippen molar-refractivity contribution in [3.05, 3.63) is 72.3 Å². The average molecular weight is 372 g/mol. The van der Waals surface area contributed by atoms with Crippen molar-refractivity contribution in [3.8, 4) is 17.1 Å². The van der Waals surface area contributed by atoms with Gasteiger partial charge in [-0.3, -0.25) is 4.79 Å². The molecule has 27 heavy (non-hydrogen) atoms. The number of aryl methyl sites for hydroxylation is 1. The number of benzene rings is 2. The maximum atomic E-state index is 12.9. The van der Waals surface area contributed by atoms with Crippen LogP contribution in [0.5, 0.6) is 5.75 Å². The first-order valence-corrected chi connectivity index (χ1v) is 8.46. The van der Waals surface area contributed by atoms with Crippen molar-refractivity contribution in [2.45, 2.75) is 12.8 Å². The molecule has 7 heteroatoms. The van der Waals surface area contributed by atoms with Gasteiger partial charge in [-0.05, 0) is 48.5 Å². The van der Waals surface area contributed by atoms with Crippen LogP contribution in [0.15, 0.2) is 59.1 Å². The minimum atomic E-state index is -0.329. The third kappa shape index (κ3) is 5.64. The molecule has 0 saturated heterocycles. The van der Waals surface area contributed by atoms with E-state index in [2.05, 4.69) is 10.3 Å². The van der Waals surface area contributed by atoms with Crippen molar-refractivity contribution in [3.63, 3.8) is 0 Å². The number of carbonyl (C=O) groups excluding carboxylic acids is 1. The molecular formula is C20H18F2N2O3. The predicted octanol–water partition coefficient (Wildman–Crippen LogP) is 3.75. The van der Waals surface area contributed by atoms with E-state index in [1.807, 2.05) is 0 Å². The van der Waals surface area contributed by atoms with Crippen LogP contribution in [0.2, 0.25) is 0 Å². The van der Waals surface area contributed by atoms with Gasteiger partial charge < -0.3 is 14.5 Å². The topological polar surface area (TPSA) is 64.4 Å². The van der Waals surface area contributed by atoms with Crippen LogP contribution in [-0.2, 0) is 11.2 Å². The number of hydrogen-bond acceptors (Lipinski definition) is 4. The van der Waals surface area contributed by atoms with Gasteiger partial charge in [-0.25, -0.2) is 13.8 Å². The molecule has 0 radical (unpaired) electrons. The lowest BCUT2D eigenvalue weighted by atomic mass is 10.2. The molecule has 1 aromatic heterocycles. The first-order chi connectivity index (χ1) is 13.1. The van der Waals surface area contributed by atoms with E-state index in [-0.39, 0.29) is 30.6 Å². The number of nitrogens with zero attached hydrogens (tertiary/aromatic N) is 1. The highest BCUT2D eigenvalue weighted by molar-refractivity contribution is 5.76. The highest BCUT2D eigenvalue weighted by Crippen LogP contribution is 2.21. The van der Waals surface area contributed by atoms with Crippen molar-refractivity contribution in [1.82, 2.24) is 10.3 Å². The minimum Gasteiger partial charge on any atom is -0.492 e. The van der Waals surface area contributed by atoms with Gasteiger partial charge in [0.1, 0.15) is 24.0 Å². The molecule has 5 nitrogen and oxygen atoms in total. The number of oxazole rings is 1. The Morgan fingerprint density at radius 1 is 1.04 bits per heavy atom. The second-order valence-corrected chi connectivity index (χ2v) is 5.78. The fourth-order valence-corrected chi connectivity index (χ4v) is 2.37. The normalized spacial score (nSPS) is 10.6. The zero-order valence-electron chi connectivity index (χ0n) is 14.5. The summed E-state index contributed by atoms with van der Waals surface area (Å²) in [6.45, 7) is 0.619. The van der Waals surface area contributed by atoms with E-state index in [1.54, 1.807) is 18.3 Å². The molecule has 0 saturated carbocycles. The number of carbonyl (C=O) groups is 1. The number of ether oxygens (including phenoxy) is 1.